The summed E-state index contributed by atoms with van der Waals surface area (Å²) in [5.74, 6) is 2.35. The van der Waals surface area contributed by atoms with Gasteiger partial charge in [0.2, 0.25) is 0 Å². The fourth-order valence-electron chi connectivity index (χ4n) is 2.00. The van der Waals surface area contributed by atoms with E-state index in [0.29, 0.717) is 6.61 Å². The Kier molecular flexibility index (Phi) is 5.32. The highest BCUT2D eigenvalue weighted by Gasteiger charge is 2.05. The Morgan fingerprint density at radius 3 is 2.29 bits per heavy atom. The van der Waals surface area contributed by atoms with Crippen LogP contribution in [0, 0.1) is 0 Å². The van der Waals surface area contributed by atoms with Gasteiger partial charge in [-0.3, -0.25) is 0 Å². The zero-order valence-electron chi connectivity index (χ0n) is 12.7. The van der Waals surface area contributed by atoms with Gasteiger partial charge in [-0.15, -0.1) is 0 Å². The minimum absolute atomic E-state index is 0.620. The second-order valence-electron chi connectivity index (χ2n) is 4.50. The van der Waals surface area contributed by atoms with Gasteiger partial charge in [-0.1, -0.05) is 12.1 Å². The number of rotatable bonds is 7. The number of hydrogen-bond acceptors (Lipinski definition) is 4. The second kappa shape index (κ2) is 7.43. The van der Waals surface area contributed by atoms with Gasteiger partial charge in [0.05, 0.1) is 20.8 Å². The Balaban J connectivity index is 2.01. The summed E-state index contributed by atoms with van der Waals surface area (Å²) in [5.41, 5.74) is 2.18. The molecular weight excluding hydrogens is 266 g/mol. The quantitative estimate of drug-likeness (QED) is 0.842. The van der Waals surface area contributed by atoms with Gasteiger partial charge in [0, 0.05) is 18.3 Å². The largest absolute Gasteiger partial charge is 0.497 e. The fourth-order valence-corrected chi connectivity index (χ4v) is 2.00. The van der Waals surface area contributed by atoms with E-state index in [0.717, 1.165) is 29.5 Å². The van der Waals surface area contributed by atoms with Gasteiger partial charge in [-0.25, -0.2) is 0 Å². The van der Waals surface area contributed by atoms with Crippen LogP contribution in [0.1, 0.15) is 12.5 Å². The van der Waals surface area contributed by atoms with Gasteiger partial charge in [-0.2, -0.15) is 0 Å². The zero-order chi connectivity index (χ0) is 15.1. The maximum atomic E-state index is 5.50. The van der Waals surface area contributed by atoms with Crippen LogP contribution < -0.4 is 19.5 Å². The first-order valence-electron chi connectivity index (χ1n) is 6.94. The number of benzene rings is 2. The van der Waals surface area contributed by atoms with E-state index in [1.54, 1.807) is 14.2 Å². The molecule has 0 amide bonds. The summed E-state index contributed by atoms with van der Waals surface area (Å²) in [5, 5.41) is 3.37. The molecule has 0 aromatic heterocycles. The monoisotopic (exact) mass is 287 g/mol. The van der Waals surface area contributed by atoms with Gasteiger partial charge < -0.3 is 19.5 Å². The molecule has 0 heterocycles. The Morgan fingerprint density at radius 1 is 0.905 bits per heavy atom. The first-order valence-corrected chi connectivity index (χ1v) is 6.94. The summed E-state index contributed by atoms with van der Waals surface area (Å²) in [4.78, 5) is 0. The molecule has 0 atom stereocenters. The molecular formula is C17H21NO3. The number of ether oxygens (including phenoxy) is 3. The predicted molar refractivity (Wildman–Crippen MR) is 84.5 cm³/mol. The lowest BCUT2D eigenvalue weighted by Gasteiger charge is -2.12. The van der Waals surface area contributed by atoms with Crippen molar-refractivity contribution in [1.82, 2.24) is 0 Å². The SMILES string of the molecule is CCOc1ccc(NCc2ccc(OC)cc2)cc1OC. The summed E-state index contributed by atoms with van der Waals surface area (Å²) >= 11 is 0. The Bertz CT molecular complexity index is 567. The standard InChI is InChI=1S/C17H21NO3/c1-4-21-16-10-7-14(11-17(16)20-3)18-12-13-5-8-15(19-2)9-6-13/h5-11,18H,4,12H2,1-3H3. The highest BCUT2D eigenvalue weighted by Crippen LogP contribution is 2.30. The summed E-state index contributed by atoms with van der Waals surface area (Å²) in [6, 6.07) is 13.8. The maximum Gasteiger partial charge on any atom is 0.162 e. The summed E-state index contributed by atoms with van der Waals surface area (Å²) in [6.07, 6.45) is 0. The van der Waals surface area contributed by atoms with Gasteiger partial charge in [0.1, 0.15) is 5.75 Å². The van der Waals surface area contributed by atoms with Gasteiger partial charge in [-0.05, 0) is 36.8 Å². The van der Waals surface area contributed by atoms with E-state index in [2.05, 4.69) is 5.32 Å². The van der Waals surface area contributed by atoms with Crippen LogP contribution in [-0.4, -0.2) is 20.8 Å². The number of hydrogen-bond donors (Lipinski definition) is 1. The molecule has 1 N–H and O–H groups in total. The lowest BCUT2D eigenvalue weighted by Crippen LogP contribution is -2.01. The summed E-state index contributed by atoms with van der Waals surface area (Å²) in [6.45, 7) is 3.31. The predicted octanol–water partition coefficient (Wildman–Crippen LogP) is 3.71. The molecule has 2 aromatic rings. The van der Waals surface area contributed by atoms with Crippen LogP contribution in [0.5, 0.6) is 17.2 Å². The molecule has 4 nitrogen and oxygen atoms in total. The van der Waals surface area contributed by atoms with Gasteiger partial charge in [0.15, 0.2) is 11.5 Å². The average molecular weight is 287 g/mol. The van der Waals surface area contributed by atoms with Crippen molar-refractivity contribution < 1.29 is 14.2 Å². The first kappa shape index (κ1) is 15.0. The topological polar surface area (TPSA) is 39.7 Å². The highest BCUT2D eigenvalue weighted by molar-refractivity contribution is 5.55. The third-order valence-electron chi connectivity index (χ3n) is 3.12. The van der Waals surface area contributed by atoms with E-state index in [-0.39, 0.29) is 0 Å². The molecule has 0 spiro atoms. The molecule has 2 rings (SSSR count). The molecule has 0 radical (unpaired) electrons. The van der Waals surface area contributed by atoms with Crippen LogP contribution >= 0.6 is 0 Å². The molecule has 0 aliphatic carbocycles. The minimum Gasteiger partial charge on any atom is -0.497 e. The average Bonchev–Trinajstić information content (AvgIpc) is 2.54. The van der Waals surface area contributed by atoms with Crippen LogP contribution in [0.15, 0.2) is 42.5 Å². The van der Waals surface area contributed by atoms with E-state index in [1.165, 1.54) is 5.56 Å². The minimum atomic E-state index is 0.620. The van der Waals surface area contributed by atoms with Crippen molar-refractivity contribution >= 4 is 5.69 Å². The highest BCUT2D eigenvalue weighted by atomic mass is 16.5. The second-order valence-corrected chi connectivity index (χ2v) is 4.50. The first-order chi connectivity index (χ1) is 10.3. The van der Waals surface area contributed by atoms with Gasteiger partial charge in [0.25, 0.3) is 0 Å². The van der Waals surface area contributed by atoms with E-state index in [9.17, 15) is 0 Å². The molecule has 0 unspecified atom stereocenters. The molecule has 0 bridgehead atoms. The molecule has 4 heteroatoms. The third-order valence-corrected chi connectivity index (χ3v) is 3.12. The van der Waals surface area contributed by atoms with Crippen LogP contribution in [0.4, 0.5) is 5.69 Å². The number of nitrogens with one attached hydrogen (secondary N) is 1. The summed E-state index contributed by atoms with van der Waals surface area (Å²) in [7, 11) is 3.31. The van der Waals surface area contributed by atoms with Crippen molar-refractivity contribution in [3.8, 4) is 17.2 Å². The Labute approximate surface area is 125 Å². The molecule has 0 aliphatic rings. The van der Waals surface area contributed by atoms with E-state index in [1.807, 2.05) is 49.4 Å². The van der Waals surface area contributed by atoms with Gasteiger partial charge >= 0.3 is 0 Å². The molecule has 112 valence electrons. The summed E-state index contributed by atoms with van der Waals surface area (Å²) < 4.78 is 16.0. The van der Waals surface area contributed by atoms with Crippen molar-refractivity contribution in [3.05, 3.63) is 48.0 Å². The van der Waals surface area contributed by atoms with Crippen molar-refractivity contribution in [2.24, 2.45) is 0 Å². The van der Waals surface area contributed by atoms with E-state index in [4.69, 9.17) is 14.2 Å². The van der Waals surface area contributed by atoms with Crippen LogP contribution in [0.3, 0.4) is 0 Å². The zero-order valence-corrected chi connectivity index (χ0v) is 12.7. The number of anilines is 1. The molecule has 2 aromatic carbocycles. The normalized spacial score (nSPS) is 10.0. The number of methoxy groups -OCH3 is 2. The van der Waals surface area contributed by atoms with E-state index >= 15 is 0 Å². The smallest absolute Gasteiger partial charge is 0.162 e. The Hall–Kier alpha value is -2.36. The molecule has 0 saturated heterocycles. The third kappa shape index (κ3) is 4.05. The lowest BCUT2D eigenvalue weighted by molar-refractivity contribution is 0.311. The molecule has 0 saturated carbocycles. The fraction of sp³-hybridized carbons (Fsp3) is 0.294. The lowest BCUT2D eigenvalue weighted by atomic mass is 10.2. The van der Waals surface area contributed by atoms with Crippen molar-refractivity contribution in [2.75, 3.05) is 26.1 Å². The van der Waals surface area contributed by atoms with Crippen molar-refractivity contribution in [1.29, 1.82) is 0 Å². The van der Waals surface area contributed by atoms with Crippen LogP contribution in [0.25, 0.3) is 0 Å². The van der Waals surface area contributed by atoms with E-state index < -0.39 is 0 Å². The van der Waals surface area contributed by atoms with Crippen LogP contribution in [0.2, 0.25) is 0 Å². The van der Waals surface area contributed by atoms with Crippen LogP contribution in [-0.2, 0) is 6.54 Å². The molecule has 0 aliphatic heterocycles. The molecule has 0 fully saturated rings. The maximum absolute atomic E-state index is 5.50. The van der Waals surface area contributed by atoms with Crippen molar-refractivity contribution in [3.63, 3.8) is 0 Å². The molecule has 21 heavy (non-hydrogen) atoms. The van der Waals surface area contributed by atoms with Crippen molar-refractivity contribution in [2.45, 2.75) is 13.5 Å². The Morgan fingerprint density at radius 2 is 1.67 bits per heavy atom.